The number of hydrogen-bond donors (Lipinski definition) is 0. The Balaban J connectivity index is 2.89. The van der Waals surface area contributed by atoms with E-state index in [0.29, 0.717) is 5.69 Å². The van der Waals surface area contributed by atoms with Crippen molar-refractivity contribution in [2.45, 2.75) is 26.7 Å². The Morgan fingerprint density at radius 1 is 1.07 bits per heavy atom. The van der Waals surface area contributed by atoms with E-state index in [-0.39, 0.29) is 0 Å². The third kappa shape index (κ3) is 3.18. The predicted molar refractivity (Wildman–Crippen MR) is 59.2 cm³/mol. The lowest BCUT2D eigenvalue weighted by atomic mass is 10.2. The van der Waals surface area contributed by atoms with Crippen molar-refractivity contribution >= 4 is 5.69 Å². The van der Waals surface area contributed by atoms with E-state index in [0.717, 1.165) is 32.0 Å². The molecule has 0 fully saturated rings. The van der Waals surface area contributed by atoms with E-state index in [1.165, 1.54) is 12.1 Å². The smallest absolute Gasteiger partial charge is 0.149 e. The molecule has 1 rings (SSSR count). The summed E-state index contributed by atoms with van der Waals surface area (Å²) in [5, 5.41) is 0. The van der Waals surface area contributed by atoms with Gasteiger partial charge < -0.3 is 4.90 Å². The second-order valence-corrected chi connectivity index (χ2v) is 3.58. The maximum atomic E-state index is 13.5. The van der Waals surface area contributed by atoms with Crippen LogP contribution in [0.3, 0.4) is 0 Å². The molecular weight excluding hydrogens is 196 g/mol. The molecule has 0 saturated carbocycles. The first-order valence-electron chi connectivity index (χ1n) is 5.39. The van der Waals surface area contributed by atoms with Crippen LogP contribution in [0.25, 0.3) is 0 Å². The van der Waals surface area contributed by atoms with Crippen molar-refractivity contribution in [3.05, 3.63) is 29.8 Å². The summed E-state index contributed by atoms with van der Waals surface area (Å²) in [6.45, 7) is 5.70. The molecule has 0 aromatic heterocycles. The van der Waals surface area contributed by atoms with Crippen molar-refractivity contribution < 1.29 is 8.78 Å². The second kappa shape index (κ2) is 5.69. The molecule has 0 atom stereocenters. The summed E-state index contributed by atoms with van der Waals surface area (Å²) in [7, 11) is 0. The molecule has 0 aliphatic rings. The summed E-state index contributed by atoms with van der Waals surface area (Å²) in [6, 6.07) is 3.75. The fourth-order valence-electron chi connectivity index (χ4n) is 1.63. The average molecular weight is 213 g/mol. The Labute approximate surface area is 89.7 Å². The number of anilines is 1. The van der Waals surface area contributed by atoms with Crippen LogP contribution in [-0.4, -0.2) is 13.1 Å². The fourth-order valence-corrected chi connectivity index (χ4v) is 1.63. The zero-order valence-corrected chi connectivity index (χ0v) is 9.26. The maximum Gasteiger partial charge on any atom is 0.149 e. The molecule has 0 aliphatic heterocycles. The van der Waals surface area contributed by atoms with Gasteiger partial charge in [0.15, 0.2) is 0 Å². The lowest BCUT2D eigenvalue weighted by Crippen LogP contribution is -2.25. The predicted octanol–water partition coefficient (Wildman–Crippen LogP) is 3.59. The fraction of sp³-hybridized carbons (Fsp3) is 0.500. The van der Waals surface area contributed by atoms with E-state index in [9.17, 15) is 8.78 Å². The highest BCUT2D eigenvalue weighted by Gasteiger charge is 2.10. The van der Waals surface area contributed by atoms with Crippen LogP contribution in [0.2, 0.25) is 0 Å². The van der Waals surface area contributed by atoms with Gasteiger partial charge in [-0.1, -0.05) is 13.8 Å². The Morgan fingerprint density at radius 2 is 1.67 bits per heavy atom. The molecule has 0 unspecified atom stereocenters. The Hall–Kier alpha value is -1.12. The number of nitrogens with zero attached hydrogens (tertiary/aromatic N) is 1. The monoisotopic (exact) mass is 213 g/mol. The first kappa shape index (κ1) is 12.0. The van der Waals surface area contributed by atoms with E-state index in [1.807, 2.05) is 18.7 Å². The Bertz CT molecular complexity index is 306. The molecule has 15 heavy (non-hydrogen) atoms. The highest BCUT2D eigenvalue weighted by molar-refractivity contribution is 5.47. The standard InChI is InChI=1S/C12H17F2N/c1-3-7-15(8-4-2)12-6-5-10(13)9-11(12)14/h5-6,9H,3-4,7-8H2,1-2H3. The van der Waals surface area contributed by atoms with Crippen LogP contribution in [0, 0.1) is 11.6 Å². The molecule has 0 aliphatic carbocycles. The van der Waals surface area contributed by atoms with Gasteiger partial charge in [0.25, 0.3) is 0 Å². The molecule has 84 valence electrons. The summed E-state index contributed by atoms with van der Waals surface area (Å²) >= 11 is 0. The number of halogens is 2. The minimum atomic E-state index is -0.524. The topological polar surface area (TPSA) is 3.24 Å². The van der Waals surface area contributed by atoms with Crippen LogP contribution >= 0.6 is 0 Å². The second-order valence-electron chi connectivity index (χ2n) is 3.58. The molecule has 0 radical (unpaired) electrons. The van der Waals surface area contributed by atoms with Gasteiger partial charge in [-0.3, -0.25) is 0 Å². The van der Waals surface area contributed by atoms with Crippen molar-refractivity contribution in [1.82, 2.24) is 0 Å². The van der Waals surface area contributed by atoms with Gasteiger partial charge in [-0.15, -0.1) is 0 Å². The van der Waals surface area contributed by atoms with Gasteiger partial charge in [0.2, 0.25) is 0 Å². The van der Waals surface area contributed by atoms with Crippen LogP contribution < -0.4 is 4.90 Å². The van der Waals surface area contributed by atoms with Crippen molar-refractivity contribution in [2.75, 3.05) is 18.0 Å². The summed E-state index contributed by atoms with van der Waals surface area (Å²) in [5.74, 6) is -0.999. The molecule has 0 amide bonds. The van der Waals surface area contributed by atoms with E-state index >= 15 is 0 Å². The zero-order chi connectivity index (χ0) is 11.3. The molecule has 1 aromatic carbocycles. The minimum absolute atomic E-state index is 0.475. The summed E-state index contributed by atoms with van der Waals surface area (Å²) in [4.78, 5) is 1.95. The Morgan fingerprint density at radius 3 is 2.13 bits per heavy atom. The van der Waals surface area contributed by atoms with Gasteiger partial charge >= 0.3 is 0 Å². The number of rotatable bonds is 5. The summed E-state index contributed by atoms with van der Waals surface area (Å²) in [5.41, 5.74) is 0.500. The van der Waals surface area contributed by atoms with Gasteiger partial charge in [0.1, 0.15) is 11.6 Å². The van der Waals surface area contributed by atoms with Gasteiger partial charge in [-0.05, 0) is 25.0 Å². The molecule has 0 heterocycles. The molecule has 1 aromatic rings. The summed E-state index contributed by atoms with van der Waals surface area (Å²) < 4.78 is 26.2. The van der Waals surface area contributed by atoms with Crippen LogP contribution in [0.4, 0.5) is 14.5 Å². The van der Waals surface area contributed by atoms with Gasteiger partial charge in [-0.2, -0.15) is 0 Å². The lowest BCUT2D eigenvalue weighted by Gasteiger charge is -2.24. The largest absolute Gasteiger partial charge is 0.369 e. The minimum Gasteiger partial charge on any atom is -0.369 e. The molecule has 3 heteroatoms. The van der Waals surface area contributed by atoms with Crippen LogP contribution in [0.5, 0.6) is 0 Å². The molecular formula is C12H17F2N. The number of benzene rings is 1. The molecule has 0 bridgehead atoms. The van der Waals surface area contributed by atoms with E-state index in [4.69, 9.17) is 0 Å². The highest BCUT2D eigenvalue weighted by Crippen LogP contribution is 2.20. The first-order valence-corrected chi connectivity index (χ1v) is 5.39. The van der Waals surface area contributed by atoms with Crippen molar-refractivity contribution in [3.8, 4) is 0 Å². The SMILES string of the molecule is CCCN(CCC)c1ccc(F)cc1F. The van der Waals surface area contributed by atoms with Crippen LogP contribution in [0.15, 0.2) is 18.2 Å². The first-order chi connectivity index (χ1) is 7.19. The van der Waals surface area contributed by atoms with Crippen molar-refractivity contribution in [3.63, 3.8) is 0 Å². The van der Waals surface area contributed by atoms with Gasteiger partial charge in [0.05, 0.1) is 5.69 Å². The van der Waals surface area contributed by atoms with Crippen molar-refractivity contribution in [1.29, 1.82) is 0 Å². The molecule has 0 saturated heterocycles. The Kier molecular flexibility index (Phi) is 4.53. The van der Waals surface area contributed by atoms with Gasteiger partial charge in [-0.25, -0.2) is 8.78 Å². The quantitative estimate of drug-likeness (QED) is 0.722. The average Bonchev–Trinajstić information content (AvgIpc) is 2.17. The van der Waals surface area contributed by atoms with E-state index < -0.39 is 11.6 Å². The van der Waals surface area contributed by atoms with E-state index in [2.05, 4.69) is 0 Å². The molecule has 1 nitrogen and oxygen atoms in total. The molecule has 0 spiro atoms. The third-order valence-corrected chi connectivity index (χ3v) is 2.24. The lowest BCUT2D eigenvalue weighted by molar-refractivity contribution is 0.576. The third-order valence-electron chi connectivity index (χ3n) is 2.24. The maximum absolute atomic E-state index is 13.5. The number of hydrogen-bond acceptors (Lipinski definition) is 1. The molecule has 0 N–H and O–H groups in total. The summed E-state index contributed by atoms with van der Waals surface area (Å²) in [6.07, 6.45) is 1.91. The zero-order valence-electron chi connectivity index (χ0n) is 9.26. The highest BCUT2D eigenvalue weighted by atomic mass is 19.1. The van der Waals surface area contributed by atoms with Gasteiger partial charge in [0, 0.05) is 19.2 Å². The van der Waals surface area contributed by atoms with Crippen molar-refractivity contribution in [2.24, 2.45) is 0 Å². The van der Waals surface area contributed by atoms with Crippen LogP contribution in [-0.2, 0) is 0 Å². The van der Waals surface area contributed by atoms with E-state index in [1.54, 1.807) is 0 Å². The normalized spacial score (nSPS) is 10.4. The van der Waals surface area contributed by atoms with Crippen LogP contribution in [0.1, 0.15) is 26.7 Å².